The van der Waals surface area contributed by atoms with Gasteiger partial charge in [0.2, 0.25) is 23.0 Å². The highest BCUT2D eigenvalue weighted by Crippen LogP contribution is 2.50. The van der Waals surface area contributed by atoms with E-state index in [0.717, 1.165) is 27.6 Å². The van der Waals surface area contributed by atoms with Crippen LogP contribution in [-0.4, -0.2) is 50.3 Å². The van der Waals surface area contributed by atoms with E-state index in [2.05, 4.69) is 38.7 Å². The molecule has 0 bridgehead atoms. The Morgan fingerprint density at radius 2 is 1.74 bits per heavy atom. The molecule has 10 nitrogen and oxygen atoms in total. The van der Waals surface area contributed by atoms with Crippen molar-refractivity contribution in [1.29, 1.82) is 0 Å². The molecule has 248 valence electrons. The van der Waals surface area contributed by atoms with Gasteiger partial charge in [0.25, 0.3) is 0 Å². The van der Waals surface area contributed by atoms with Gasteiger partial charge in [-0.1, -0.05) is 38.1 Å². The third-order valence-electron chi connectivity index (χ3n) is 8.60. The van der Waals surface area contributed by atoms with Crippen LogP contribution < -0.4 is 35.6 Å². The molecule has 1 heterocycles. The summed E-state index contributed by atoms with van der Waals surface area (Å²) in [6, 6.07) is 16.2. The molecule has 0 radical (unpaired) electrons. The molecule has 0 saturated heterocycles. The second-order valence-electron chi connectivity index (χ2n) is 12.3. The average Bonchev–Trinajstić information content (AvgIpc) is 3.32. The lowest BCUT2D eigenvalue weighted by molar-refractivity contribution is -0.122. The third-order valence-corrected chi connectivity index (χ3v) is 8.60. The van der Waals surface area contributed by atoms with E-state index in [0.29, 0.717) is 55.2 Å². The van der Waals surface area contributed by atoms with Gasteiger partial charge >= 0.3 is 0 Å². The number of hydrogen-bond acceptors (Lipinski definition) is 7. The van der Waals surface area contributed by atoms with Crippen LogP contribution in [0.5, 0.6) is 17.2 Å². The highest BCUT2D eigenvalue weighted by atomic mass is 16.5. The van der Waals surface area contributed by atoms with Crippen LogP contribution in [-0.2, 0) is 22.6 Å². The monoisotopic (exact) mass is 640 g/mol. The molecule has 2 atom stereocenters. The van der Waals surface area contributed by atoms with Gasteiger partial charge in [-0.05, 0) is 77.6 Å². The van der Waals surface area contributed by atoms with Crippen LogP contribution in [0.3, 0.4) is 0 Å². The Balaban J connectivity index is 1.49. The normalized spacial score (nSPS) is 14.4. The first-order valence-corrected chi connectivity index (χ1v) is 16.0. The first-order valence-electron chi connectivity index (χ1n) is 16.0. The summed E-state index contributed by atoms with van der Waals surface area (Å²) in [4.78, 5) is 39.7. The highest BCUT2D eigenvalue weighted by Gasteiger charge is 2.30. The predicted molar refractivity (Wildman–Crippen MR) is 184 cm³/mol. The molecule has 0 fully saturated rings. The molecule has 0 spiro atoms. The molecule has 3 N–H and O–H groups in total. The van der Waals surface area contributed by atoms with Gasteiger partial charge in [0, 0.05) is 37.3 Å². The number of rotatable bonds is 12. The zero-order chi connectivity index (χ0) is 33.7. The van der Waals surface area contributed by atoms with Gasteiger partial charge in [-0.2, -0.15) is 0 Å². The number of hydrogen-bond donors (Lipinski definition) is 3. The second-order valence-corrected chi connectivity index (χ2v) is 12.3. The largest absolute Gasteiger partial charge is 0.493 e. The van der Waals surface area contributed by atoms with Gasteiger partial charge < -0.3 is 34.7 Å². The average molecular weight is 641 g/mol. The summed E-state index contributed by atoms with van der Waals surface area (Å²) >= 11 is 0. The topological polar surface area (TPSA) is 120 Å². The maximum Gasteiger partial charge on any atom is 0.242 e. The standard InChI is InChI=1S/C37H44N4O6/c1-22(2)19-30(37(44)38-16-18-41-17-15-24-9-7-8-10-31(24)41)40-29-14-12-26-27(21-32(29)43)28(39-23(3)42)13-11-25-20-33(45-4)35(46-5)36(47-6)34(25)26/h7-10,12,14-15,17,20-22,28,30H,11,13,16,18-19H2,1-6H3,(H,38,44)(H,39,42)(H,40,43)/t28-,30+/m0/s1. The van der Waals surface area contributed by atoms with E-state index in [1.165, 1.54) is 6.92 Å². The van der Waals surface area contributed by atoms with Gasteiger partial charge in [-0.15, -0.1) is 0 Å². The minimum atomic E-state index is -0.636. The Morgan fingerprint density at radius 1 is 0.979 bits per heavy atom. The van der Waals surface area contributed by atoms with Crippen molar-refractivity contribution in [3.8, 4) is 28.4 Å². The number of fused-ring (bicyclic) bond motifs is 4. The maximum absolute atomic E-state index is 13.9. The van der Waals surface area contributed by atoms with E-state index in [1.807, 2.05) is 44.3 Å². The SMILES string of the molecule is COc1cc2c(c(OC)c1OC)-c1ccc(N[C@H](CC(C)C)C(=O)NCCn3ccc4ccccc43)c(=O)cc1[C@@H](NC(C)=O)CC2. The zero-order valence-electron chi connectivity index (χ0n) is 27.9. The predicted octanol–water partition coefficient (Wildman–Crippen LogP) is 5.46. The minimum absolute atomic E-state index is 0.178. The number of anilines is 1. The molecular weight excluding hydrogens is 596 g/mol. The number of benzene rings is 2. The summed E-state index contributed by atoms with van der Waals surface area (Å²) < 4.78 is 19.3. The van der Waals surface area contributed by atoms with E-state index in [9.17, 15) is 14.4 Å². The van der Waals surface area contributed by atoms with E-state index in [1.54, 1.807) is 33.5 Å². The van der Waals surface area contributed by atoms with Crippen molar-refractivity contribution in [2.24, 2.45) is 5.92 Å². The van der Waals surface area contributed by atoms with Crippen molar-refractivity contribution < 1.29 is 23.8 Å². The number of methoxy groups -OCH3 is 3. The van der Waals surface area contributed by atoms with E-state index >= 15 is 0 Å². The number of ether oxygens (including phenoxy) is 3. The first kappa shape index (κ1) is 33.4. The number of aryl methyl sites for hydroxylation is 1. The number of para-hydroxylation sites is 1. The molecule has 3 aromatic carbocycles. The fourth-order valence-electron chi connectivity index (χ4n) is 6.48. The van der Waals surface area contributed by atoms with Crippen molar-refractivity contribution in [2.75, 3.05) is 33.2 Å². The molecule has 4 aromatic rings. The fourth-order valence-corrected chi connectivity index (χ4v) is 6.48. The lowest BCUT2D eigenvalue weighted by Gasteiger charge is -2.21. The summed E-state index contributed by atoms with van der Waals surface area (Å²) in [6.45, 7) is 6.61. The second kappa shape index (κ2) is 14.6. The van der Waals surface area contributed by atoms with E-state index < -0.39 is 12.1 Å². The van der Waals surface area contributed by atoms with E-state index in [-0.39, 0.29) is 28.8 Å². The summed E-state index contributed by atoms with van der Waals surface area (Å²) in [7, 11) is 4.69. The van der Waals surface area contributed by atoms with Crippen LogP contribution in [0, 0.1) is 5.92 Å². The minimum Gasteiger partial charge on any atom is -0.493 e. The highest BCUT2D eigenvalue weighted by molar-refractivity contribution is 5.86. The van der Waals surface area contributed by atoms with Crippen molar-refractivity contribution in [1.82, 2.24) is 15.2 Å². The molecule has 47 heavy (non-hydrogen) atoms. The molecule has 1 aromatic heterocycles. The molecule has 1 aliphatic rings. The molecule has 0 unspecified atom stereocenters. The van der Waals surface area contributed by atoms with Gasteiger partial charge in [0.05, 0.1) is 33.1 Å². The lowest BCUT2D eigenvalue weighted by atomic mass is 9.95. The van der Waals surface area contributed by atoms with E-state index in [4.69, 9.17) is 14.2 Å². The Hall–Kier alpha value is -4.99. The zero-order valence-corrected chi connectivity index (χ0v) is 27.9. The lowest BCUT2D eigenvalue weighted by Crippen LogP contribution is -2.42. The summed E-state index contributed by atoms with van der Waals surface area (Å²) in [5.41, 5.74) is 4.20. The van der Waals surface area contributed by atoms with Crippen LogP contribution in [0.15, 0.2) is 65.6 Å². The number of nitrogens with zero attached hydrogens (tertiary/aromatic N) is 1. The van der Waals surface area contributed by atoms with Crippen molar-refractivity contribution in [2.45, 2.75) is 58.7 Å². The summed E-state index contributed by atoms with van der Waals surface area (Å²) in [5, 5.41) is 10.5. The van der Waals surface area contributed by atoms with Gasteiger partial charge in [-0.25, -0.2) is 0 Å². The third kappa shape index (κ3) is 7.21. The Labute approximate surface area is 275 Å². The molecular formula is C37H44N4O6. The van der Waals surface area contributed by atoms with Crippen LogP contribution in [0.4, 0.5) is 5.69 Å². The number of carbonyl (C=O) groups is 2. The van der Waals surface area contributed by atoms with Gasteiger partial charge in [0.1, 0.15) is 6.04 Å². The summed E-state index contributed by atoms with van der Waals surface area (Å²) in [6.07, 6.45) is 3.70. The van der Waals surface area contributed by atoms with Crippen molar-refractivity contribution in [3.63, 3.8) is 0 Å². The van der Waals surface area contributed by atoms with Crippen molar-refractivity contribution >= 4 is 28.4 Å². The summed E-state index contributed by atoms with van der Waals surface area (Å²) in [5.74, 6) is 1.26. The van der Waals surface area contributed by atoms with Gasteiger partial charge in [-0.3, -0.25) is 14.4 Å². The van der Waals surface area contributed by atoms with Gasteiger partial charge in [0.15, 0.2) is 11.5 Å². The van der Waals surface area contributed by atoms with Crippen LogP contribution in [0.1, 0.15) is 50.8 Å². The fraction of sp³-hybridized carbons (Fsp3) is 0.378. The van der Waals surface area contributed by atoms with Crippen LogP contribution in [0.25, 0.3) is 22.0 Å². The van der Waals surface area contributed by atoms with Crippen LogP contribution in [0.2, 0.25) is 0 Å². The molecule has 2 amide bonds. The Kier molecular flexibility index (Phi) is 10.4. The molecule has 10 heteroatoms. The molecule has 0 saturated carbocycles. The maximum atomic E-state index is 13.9. The number of carbonyl (C=O) groups excluding carboxylic acids is 2. The smallest absolute Gasteiger partial charge is 0.242 e. The number of aromatic nitrogens is 1. The van der Waals surface area contributed by atoms with Crippen LogP contribution >= 0.6 is 0 Å². The molecule has 0 aliphatic heterocycles. The molecule has 5 rings (SSSR count). The Bertz CT molecular complexity index is 1830. The quantitative estimate of drug-likeness (QED) is 0.188. The number of amides is 2. The van der Waals surface area contributed by atoms with Crippen molar-refractivity contribution in [3.05, 3.63) is 82.1 Å². The first-order chi connectivity index (χ1) is 22.6. The number of nitrogens with one attached hydrogen (secondary N) is 3. The Morgan fingerprint density at radius 3 is 2.45 bits per heavy atom. The molecule has 1 aliphatic carbocycles.